The molecule has 0 radical (unpaired) electrons. The fourth-order valence-electron chi connectivity index (χ4n) is 1.22. The summed E-state index contributed by atoms with van der Waals surface area (Å²) in [5.74, 6) is 0.559. The highest BCUT2D eigenvalue weighted by Crippen LogP contribution is 2.29. The number of aliphatic hydroxyl groups excluding tert-OH is 1. The Morgan fingerprint density at radius 1 is 1.46 bits per heavy atom. The van der Waals surface area contributed by atoms with E-state index in [9.17, 15) is 5.11 Å². The average molecular weight is 182 g/mol. The van der Waals surface area contributed by atoms with Crippen LogP contribution in [0.1, 0.15) is 12.5 Å². The Hall–Kier alpha value is -1.22. The van der Waals surface area contributed by atoms with Crippen molar-refractivity contribution >= 4 is 0 Å². The zero-order valence-electron chi connectivity index (χ0n) is 7.82. The predicted molar refractivity (Wildman–Crippen MR) is 50.0 cm³/mol. The Kier molecular flexibility index (Phi) is 3.14. The van der Waals surface area contributed by atoms with E-state index in [0.29, 0.717) is 17.7 Å². The maximum atomic E-state index is 9.60. The van der Waals surface area contributed by atoms with Crippen molar-refractivity contribution in [3.63, 3.8) is 0 Å². The molecule has 0 bridgehead atoms. The molecular weight excluding hydrogens is 168 g/mol. The molecular formula is C10H14O3. The molecule has 3 nitrogen and oxygen atoms in total. The number of hydrogen-bond donors (Lipinski definition) is 2. The van der Waals surface area contributed by atoms with E-state index < -0.39 is 6.10 Å². The number of benzene rings is 1. The van der Waals surface area contributed by atoms with Gasteiger partial charge in [-0.2, -0.15) is 0 Å². The Morgan fingerprint density at radius 3 is 2.69 bits per heavy atom. The summed E-state index contributed by atoms with van der Waals surface area (Å²) in [6, 6.07) is 5.24. The molecule has 1 aromatic carbocycles. The molecule has 0 unspecified atom stereocenters. The van der Waals surface area contributed by atoms with Crippen molar-refractivity contribution in [2.45, 2.75) is 19.4 Å². The Labute approximate surface area is 77.6 Å². The largest absolute Gasteiger partial charge is 0.504 e. The third-order valence-electron chi connectivity index (χ3n) is 1.82. The van der Waals surface area contributed by atoms with Crippen LogP contribution in [-0.4, -0.2) is 23.4 Å². The monoisotopic (exact) mass is 182 g/mol. The van der Waals surface area contributed by atoms with E-state index >= 15 is 0 Å². The summed E-state index contributed by atoms with van der Waals surface area (Å²) in [5.41, 5.74) is 0.703. The van der Waals surface area contributed by atoms with Crippen molar-refractivity contribution in [3.8, 4) is 11.5 Å². The fraction of sp³-hybridized carbons (Fsp3) is 0.400. The highest BCUT2D eigenvalue weighted by atomic mass is 16.5. The highest BCUT2D eigenvalue weighted by molar-refractivity contribution is 5.45. The number of aliphatic hydroxyl groups is 1. The van der Waals surface area contributed by atoms with Crippen LogP contribution in [0.5, 0.6) is 11.5 Å². The standard InChI is InChI=1S/C10H14O3/c1-7(11)6-8-4-3-5-9(13-2)10(8)12/h3-5,7,11-12H,6H2,1-2H3/t7-/m1/s1. The van der Waals surface area contributed by atoms with Gasteiger partial charge in [-0.1, -0.05) is 12.1 Å². The molecule has 0 spiro atoms. The Bertz CT molecular complexity index is 281. The van der Waals surface area contributed by atoms with Crippen molar-refractivity contribution in [3.05, 3.63) is 23.8 Å². The van der Waals surface area contributed by atoms with Gasteiger partial charge in [0.25, 0.3) is 0 Å². The maximum absolute atomic E-state index is 9.60. The van der Waals surface area contributed by atoms with Gasteiger partial charge in [-0.15, -0.1) is 0 Å². The molecule has 0 amide bonds. The van der Waals surface area contributed by atoms with Gasteiger partial charge in [-0.3, -0.25) is 0 Å². The average Bonchev–Trinajstić information content (AvgIpc) is 2.08. The molecule has 0 heterocycles. The first-order valence-corrected chi connectivity index (χ1v) is 4.18. The van der Waals surface area contributed by atoms with Crippen LogP contribution in [0.2, 0.25) is 0 Å². The summed E-state index contributed by atoms with van der Waals surface area (Å²) in [4.78, 5) is 0. The Balaban J connectivity index is 2.94. The number of phenolic OH excluding ortho intramolecular Hbond substituents is 1. The molecule has 0 fully saturated rings. The number of phenols is 1. The van der Waals surface area contributed by atoms with Crippen LogP contribution >= 0.6 is 0 Å². The van der Waals surface area contributed by atoms with Gasteiger partial charge < -0.3 is 14.9 Å². The number of hydrogen-bond acceptors (Lipinski definition) is 3. The van der Waals surface area contributed by atoms with Crippen molar-refractivity contribution in [1.29, 1.82) is 0 Å². The van der Waals surface area contributed by atoms with E-state index in [0.717, 1.165) is 0 Å². The number of ether oxygens (including phenoxy) is 1. The van der Waals surface area contributed by atoms with E-state index in [1.165, 1.54) is 7.11 Å². The summed E-state index contributed by atoms with van der Waals surface area (Å²) in [5, 5.41) is 18.7. The van der Waals surface area contributed by atoms with Gasteiger partial charge in [0.1, 0.15) is 0 Å². The van der Waals surface area contributed by atoms with Crippen LogP contribution < -0.4 is 4.74 Å². The second-order valence-corrected chi connectivity index (χ2v) is 3.02. The first kappa shape index (κ1) is 9.86. The Morgan fingerprint density at radius 2 is 2.15 bits per heavy atom. The van der Waals surface area contributed by atoms with Gasteiger partial charge >= 0.3 is 0 Å². The predicted octanol–water partition coefficient (Wildman–Crippen LogP) is 1.32. The van der Waals surface area contributed by atoms with E-state index in [4.69, 9.17) is 9.84 Å². The van der Waals surface area contributed by atoms with Gasteiger partial charge in [0.15, 0.2) is 11.5 Å². The molecule has 3 heteroatoms. The zero-order valence-corrected chi connectivity index (χ0v) is 7.82. The van der Waals surface area contributed by atoms with Crippen LogP contribution in [0.25, 0.3) is 0 Å². The van der Waals surface area contributed by atoms with E-state index in [1.54, 1.807) is 25.1 Å². The molecule has 0 aromatic heterocycles. The number of aromatic hydroxyl groups is 1. The lowest BCUT2D eigenvalue weighted by Gasteiger charge is -2.09. The summed E-state index contributed by atoms with van der Waals surface area (Å²) in [7, 11) is 1.50. The minimum atomic E-state index is -0.460. The minimum Gasteiger partial charge on any atom is -0.504 e. The smallest absolute Gasteiger partial charge is 0.161 e. The van der Waals surface area contributed by atoms with E-state index in [1.807, 2.05) is 0 Å². The fourth-order valence-corrected chi connectivity index (χ4v) is 1.22. The molecule has 0 aliphatic carbocycles. The van der Waals surface area contributed by atoms with Crippen LogP contribution in [0.4, 0.5) is 0 Å². The van der Waals surface area contributed by atoms with Crippen molar-refractivity contribution in [2.24, 2.45) is 0 Å². The lowest BCUT2D eigenvalue weighted by atomic mass is 10.1. The molecule has 1 aromatic rings. The third-order valence-corrected chi connectivity index (χ3v) is 1.82. The zero-order chi connectivity index (χ0) is 9.84. The topological polar surface area (TPSA) is 49.7 Å². The molecule has 13 heavy (non-hydrogen) atoms. The number of methoxy groups -OCH3 is 1. The number of rotatable bonds is 3. The van der Waals surface area contributed by atoms with Crippen LogP contribution in [-0.2, 0) is 6.42 Å². The van der Waals surface area contributed by atoms with Crippen LogP contribution in [0.15, 0.2) is 18.2 Å². The molecule has 0 aliphatic rings. The molecule has 72 valence electrons. The molecule has 0 saturated carbocycles. The van der Waals surface area contributed by atoms with Crippen molar-refractivity contribution in [1.82, 2.24) is 0 Å². The van der Waals surface area contributed by atoms with Gasteiger partial charge in [0.2, 0.25) is 0 Å². The second-order valence-electron chi connectivity index (χ2n) is 3.02. The molecule has 2 N–H and O–H groups in total. The van der Waals surface area contributed by atoms with Crippen molar-refractivity contribution in [2.75, 3.05) is 7.11 Å². The first-order valence-electron chi connectivity index (χ1n) is 4.18. The second kappa shape index (κ2) is 4.14. The first-order chi connectivity index (χ1) is 6.15. The summed E-state index contributed by atoms with van der Waals surface area (Å²) >= 11 is 0. The van der Waals surface area contributed by atoms with Gasteiger partial charge in [-0.05, 0) is 13.0 Å². The van der Waals surface area contributed by atoms with Gasteiger partial charge in [-0.25, -0.2) is 0 Å². The van der Waals surface area contributed by atoms with Crippen LogP contribution in [0.3, 0.4) is 0 Å². The lowest BCUT2D eigenvalue weighted by molar-refractivity contribution is 0.194. The SMILES string of the molecule is COc1cccc(C[C@@H](C)O)c1O. The lowest BCUT2D eigenvalue weighted by Crippen LogP contribution is -2.04. The molecule has 0 aliphatic heterocycles. The normalized spacial score (nSPS) is 12.5. The molecule has 0 saturated heterocycles. The van der Waals surface area contributed by atoms with E-state index in [-0.39, 0.29) is 5.75 Å². The molecule has 1 rings (SSSR count). The minimum absolute atomic E-state index is 0.117. The summed E-state index contributed by atoms with van der Waals surface area (Å²) in [6.07, 6.45) is -0.0266. The van der Waals surface area contributed by atoms with Gasteiger partial charge in [0, 0.05) is 12.0 Å². The maximum Gasteiger partial charge on any atom is 0.161 e. The van der Waals surface area contributed by atoms with E-state index in [2.05, 4.69) is 0 Å². The summed E-state index contributed by atoms with van der Waals surface area (Å²) < 4.78 is 4.94. The third kappa shape index (κ3) is 2.36. The quantitative estimate of drug-likeness (QED) is 0.741. The van der Waals surface area contributed by atoms with Gasteiger partial charge in [0.05, 0.1) is 13.2 Å². The van der Waals surface area contributed by atoms with Crippen LogP contribution in [0, 0.1) is 0 Å². The molecule has 1 atom stereocenters. The summed E-state index contributed by atoms with van der Waals surface area (Å²) in [6.45, 7) is 1.68. The number of para-hydroxylation sites is 1. The highest BCUT2D eigenvalue weighted by Gasteiger charge is 2.08. The van der Waals surface area contributed by atoms with Crippen molar-refractivity contribution < 1.29 is 14.9 Å².